The molecule has 9 heteroatoms. The van der Waals surface area contributed by atoms with E-state index in [9.17, 15) is 13.2 Å². The van der Waals surface area contributed by atoms with Gasteiger partial charge in [0, 0.05) is 38.6 Å². The fourth-order valence-corrected chi connectivity index (χ4v) is 5.10. The lowest BCUT2D eigenvalue weighted by Gasteiger charge is -2.21. The van der Waals surface area contributed by atoms with Crippen molar-refractivity contribution < 1.29 is 13.2 Å². The molecule has 1 saturated heterocycles. The van der Waals surface area contributed by atoms with Crippen molar-refractivity contribution >= 4 is 45.7 Å². The van der Waals surface area contributed by atoms with Crippen LogP contribution in [0.2, 0.25) is 0 Å². The number of nitrogens with one attached hydrogen (secondary N) is 2. The highest BCUT2D eigenvalue weighted by Gasteiger charge is 2.21. The van der Waals surface area contributed by atoms with Gasteiger partial charge in [0.15, 0.2) is 15.8 Å². The second-order valence-corrected chi connectivity index (χ2v) is 9.68. The van der Waals surface area contributed by atoms with Crippen molar-refractivity contribution in [2.45, 2.75) is 63.3 Å². The maximum atomic E-state index is 12.7. The molecule has 1 aromatic rings. The molecular formula is C22H37IN4O3S. The van der Waals surface area contributed by atoms with Crippen LogP contribution < -0.4 is 10.6 Å². The second kappa shape index (κ2) is 14.7. The fourth-order valence-electron chi connectivity index (χ4n) is 3.49. The zero-order valence-corrected chi connectivity index (χ0v) is 21.8. The standard InChI is InChI=1S/C22H36N4O3S.HI/c1-3-19(18-30(28,29)20-12-7-5-8-13-20)25-22(23-4-2)24-15-11-17-26-16-10-6-9-14-21(26)27;/h5,7-8,12-13,19H,3-4,6,9-11,14-18H2,1-2H3,(H2,23,24,25);1H. The first-order valence-corrected chi connectivity index (χ1v) is 12.7. The second-order valence-electron chi connectivity index (χ2n) is 7.65. The number of hydrogen-bond donors (Lipinski definition) is 2. The maximum absolute atomic E-state index is 12.7. The van der Waals surface area contributed by atoms with Gasteiger partial charge < -0.3 is 15.5 Å². The first-order chi connectivity index (χ1) is 14.5. The molecule has 0 aromatic heterocycles. The van der Waals surface area contributed by atoms with Crippen LogP contribution in [0.4, 0.5) is 0 Å². The lowest BCUT2D eigenvalue weighted by Crippen LogP contribution is -2.46. The molecule has 1 fully saturated rings. The van der Waals surface area contributed by atoms with Crippen LogP contribution in [0.1, 0.15) is 52.4 Å². The first-order valence-electron chi connectivity index (χ1n) is 11.1. The van der Waals surface area contributed by atoms with Gasteiger partial charge in [-0.05, 0) is 44.7 Å². The van der Waals surface area contributed by atoms with Crippen LogP contribution in [0, 0.1) is 0 Å². The van der Waals surface area contributed by atoms with Gasteiger partial charge in [-0.25, -0.2) is 8.42 Å². The van der Waals surface area contributed by atoms with Crippen LogP contribution in [-0.4, -0.2) is 63.2 Å². The molecule has 1 aliphatic heterocycles. The molecule has 1 aliphatic rings. The molecule has 0 saturated carbocycles. The zero-order chi connectivity index (χ0) is 21.8. The van der Waals surface area contributed by atoms with E-state index in [1.165, 1.54) is 0 Å². The summed E-state index contributed by atoms with van der Waals surface area (Å²) in [6.07, 6.45) is 5.31. The van der Waals surface area contributed by atoms with Crippen LogP contribution >= 0.6 is 24.0 Å². The minimum atomic E-state index is -3.37. The fraction of sp³-hybridized carbons (Fsp3) is 0.636. The average Bonchev–Trinajstić information content (AvgIpc) is 2.95. The monoisotopic (exact) mass is 564 g/mol. The summed E-state index contributed by atoms with van der Waals surface area (Å²) >= 11 is 0. The van der Waals surface area contributed by atoms with Gasteiger partial charge in [0.2, 0.25) is 5.91 Å². The zero-order valence-electron chi connectivity index (χ0n) is 18.7. The Morgan fingerprint density at radius 1 is 1.16 bits per heavy atom. The number of carbonyl (C=O) groups excluding carboxylic acids is 1. The molecule has 176 valence electrons. The van der Waals surface area contributed by atoms with Gasteiger partial charge in [-0.1, -0.05) is 31.5 Å². The number of rotatable bonds is 10. The van der Waals surface area contributed by atoms with E-state index < -0.39 is 9.84 Å². The predicted molar refractivity (Wildman–Crippen MR) is 137 cm³/mol. The number of aliphatic imine (C=N–C) groups is 1. The normalized spacial score (nSPS) is 16.3. The minimum Gasteiger partial charge on any atom is -0.357 e. The molecular weight excluding hydrogens is 527 g/mol. The highest BCUT2D eigenvalue weighted by atomic mass is 127. The number of nitrogens with zero attached hydrogens (tertiary/aromatic N) is 2. The Labute approximate surface area is 204 Å². The number of halogens is 1. The molecule has 1 amide bonds. The van der Waals surface area contributed by atoms with Crippen LogP contribution in [0.5, 0.6) is 0 Å². The highest BCUT2D eigenvalue weighted by Crippen LogP contribution is 2.13. The number of likely N-dealkylation sites (tertiary alicyclic amines) is 1. The summed E-state index contributed by atoms with van der Waals surface area (Å²) in [7, 11) is -3.37. The molecule has 1 heterocycles. The van der Waals surface area contributed by atoms with Gasteiger partial charge in [0.1, 0.15) is 0 Å². The topological polar surface area (TPSA) is 90.9 Å². The van der Waals surface area contributed by atoms with E-state index in [1.807, 2.05) is 24.8 Å². The third kappa shape index (κ3) is 9.76. The van der Waals surface area contributed by atoms with Crippen molar-refractivity contribution in [1.29, 1.82) is 0 Å². The van der Waals surface area contributed by atoms with E-state index in [1.54, 1.807) is 24.3 Å². The Morgan fingerprint density at radius 3 is 2.58 bits per heavy atom. The van der Waals surface area contributed by atoms with Gasteiger partial charge in [0.05, 0.1) is 10.6 Å². The van der Waals surface area contributed by atoms with Crippen LogP contribution in [-0.2, 0) is 14.6 Å². The molecule has 31 heavy (non-hydrogen) atoms. The number of hydrogen-bond acceptors (Lipinski definition) is 4. The van der Waals surface area contributed by atoms with Crippen molar-refractivity contribution in [2.24, 2.45) is 4.99 Å². The summed E-state index contributed by atoms with van der Waals surface area (Å²) in [5.74, 6) is 0.883. The van der Waals surface area contributed by atoms with Crippen LogP contribution in [0.15, 0.2) is 40.2 Å². The van der Waals surface area contributed by atoms with Gasteiger partial charge in [-0.15, -0.1) is 24.0 Å². The SMILES string of the molecule is CCNC(=NCCCN1CCCCCC1=O)NC(CC)CS(=O)(=O)c1ccccc1.I. The van der Waals surface area contributed by atoms with E-state index >= 15 is 0 Å². The molecule has 0 radical (unpaired) electrons. The Hall–Kier alpha value is -1.36. The Kier molecular flexibility index (Phi) is 13.1. The van der Waals surface area contributed by atoms with E-state index in [2.05, 4.69) is 15.6 Å². The lowest BCUT2D eigenvalue weighted by molar-refractivity contribution is -0.130. The van der Waals surface area contributed by atoms with E-state index in [0.29, 0.717) is 36.8 Å². The van der Waals surface area contributed by atoms with Crippen molar-refractivity contribution in [3.8, 4) is 0 Å². The first kappa shape index (κ1) is 27.7. The van der Waals surface area contributed by atoms with Crippen LogP contribution in [0.25, 0.3) is 0 Å². The molecule has 0 spiro atoms. The van der Waals surface area contributed by atoms with E-state index in [0.717, 1.165) is 38.8 Å². The lowest BCUT2D eigenvalue weighted by atomic mass is 10.2. The Balaban J connectivity index is 0.00000480. The highest BCUT2D eigenvalue weighted by molar-refractivity contribution is 14.0. The predicted octanol–water partition coefficient (Wildman–Crippen LogP) is 3.20. The smallest absolute Gasteiger partial charge is 0.222 e. The molecule has 1 aromatic carbocycles. The van der Waals surface area contributed by atoms with Crippen LogP contribution in [0.3, 0.4) is 0 Å². The maximum Gasteiger partial charge on any atom is 0.222 e. The molecule has 1 atom stereocenters. The number of amides is 1. The molecule has 2 rings (SSSR count). The molecule has 0 aliphatic carbocycles. The largest absolute Gasteiger partial charge is 0.357 e. The summed E-state index contributed by atoms with van der Waals surface area (Å²) in [5.41, 5.74) is 0. The molecule has 2 N–H and O–H groups in total. The summed E-state index contributed by atoms with van der Waals surface area (Å²) < 4.78 is 25.4. The van der Waals surface area contributed by atoms with Gasteiger partial charge in [-0.2, -0.15) is 0 Å². The molecule has 7 nitrogen and oxygen atoms in total. The van der Waals surface area contributed by atoms with Crippen molar-refractivity contribution in [1.82, 2.24) is 15.5 Å². The third-order valence-electron chi connectivity index (χ3n) is 5.23. The summed E-state index contributed by atoms with van der Waals surface area (Å²) in [6.45, 7) is 6.79. The van der Waals surface area contributed by atoms with Gasteiger partial charge in [0.25, 0.3) is 0 Å². The third-order valence-corrected chi connectivity index (χ3v) is 7.06. The number of carbonyl (C=O) groups is 1. The number of sulfone groups is 1. The summed E-state index contributed by atoms with van der Waals surface area (Å²) in [6, 6.07) is 8.31. The molecule has 0 bridgehead atoms. The van der Waals surface area contributed by atoms with Crippen molar-refractivity contribution in [3.63, 3.8) is 0 Å². The minimum absolute atomic E-state index is 0. The van der Waals surface area contributed by atoms with Gasteiger partial charge in [-0.3, -0.25) is 9.79 Å². The van der Waals surface area contributed by atoms with E-state index in [4.69, 9.17) is 0 Å². The average molecular weight is 565 g/mol. The molecule has 1 unspecified atom stereocenters. The Morgan fingerprint density at radius 2 is 1.90 bits per heavy atom. The van der Waals surface area contributed by atoms with Crippen molar-refractivity contribution in [2.75, 3.05) is 31.9 Å². The number of benzene rings is 1. The van der Waals surface area contributed by atoms with E-state index in [-0.39, 0.29) is 41.7 Å². The Bertz CT molecular complexity index is 787. The summed E-state index contributed by atoms with van der Waals surface area (Å²) in [4.78, 5) is 19.0. The van der Waals surface area contributed by atoms with Gasteiger partial charge >= 0.3 is 0 Å². The summed E-state index contributed by atoms with van der Waals surface area (Å²) in [5, 5.41) is 6.46. The van der Waals surface area contributed by atoms with Crippen molar-refractivity contribution in [3.05, 3.63) is 30.3 Å². The number of guanidine groups is 1. The quantitative estimate of drug-likeness (QED) is 0.197.